The van der Waals surface area contributed by atoms with Crippen LogP contribution in [-0.4, -0.2) is 0 Å². The molecule has 0 spiro atoms. The summed E-state index contributed by atoms with van der Waals surface area (Å²) in [6, 6.07) is 113. The Bertz CT molecular complexity index is 5220. The Morgan fingerprint density at radius 2 is 0.340 bits per heavy atom. The average Bonchev–Trinajstić information content (AvgIpc) is 1.77. The van der Waals surface area contributed by atoms with E-state index in [2.05, 4.69) is 544 Å². The summed E-state index contributed by atoms with van der Waals surface area (Å²) in [4.78, 5) is 0. The molecule has 0 aliphatic heterocycles. The number of fused-ring (bicyclic) bond motifs is 18. The van der Waals surface area contributed by atoms with Crippen LogP contribution in [0, 0.1) is 47.3 Å². The minimum absolute atomic E-state index is 0.547. The van der Waals surface area contributed by atoms with E-state index in [-0.39, 0.29) is 0 Å². The molecule has 0 saturated heterocycles. The van der Waals surface area contributed by atoms with E-state index in [1.807, 2.05) is 83.1 Å². The number of hydrogen-bond acceptors (Lipinski definition) is 0. The fourth-order valence-electron chi connectivity index (χ4n) is 15.8. The van der Waals surface area contributed by atoms with Crippen LogP contribution in [0.1, 0.15) is 386 Å². The zero-order valence-corrected chi connectivity index (χ0v) is 98.1. The highest BCUT2D eigenvalue weighted by atomic mass is 14.3. The van der Waals surface area contributed by atoms with E-state index in [1.54, 1.807) is 0 Å². The van der Waals surface area contributed by atoms with Gasteiger partial charge in [-0.25, -0.2) is 0 Å². The zero-order chi connectivity index (χ0) is 108. The summed E-state index contributed by atoms with van der Waals surface area (Å²) in [5.41, 5.74) is 34.9. The van der Waals surface area contributed by atoms with Gasteiger partial charge in [-0.15, -0.1) is 0 Å². The molecular formula is C144H200. The van der Waals surface area contributed by atoms with Crippen LogP contribution in [0.3, 0.4) is 0 Å². The van der Waals surface area contributed by atoms with Gasteiger partial charge in [0.15, 0.2) is 0 Å². The van der Waals surface area contributed by atoms with Crippen LogP contribution in [0.25, 0.3) is 68.1 Å². The summed E-state index contributed by atoms with van der Waals surface area (Å²) in [7, 11) is 0. The summed E-state index contributed by atoms with van der Waals surface area (Å²) in [5, 5.41) is 5.45. The van der Waals surface area contributed by atoms with Gasteiger partial charge in [-0.1, -0.05) is 627 Å². The lowest BCUT2D eigenvalue weighted by atomic mass is 9.79. The maximum atomic E-state index is 2.30. The van der Waals surface area contributed by atoms with Crippen molar-refractivity contribution < 1.29 is 0 Å². The first-order valence-electron chi connectivity index (χ1n) is 55.8. The van der Waals surface area contributed by atoms with E-state index in [1.165, 1.54) is 155 Å². The molecule has 0 heterocycles. The normalized spacial score (nSPS) is 11.7. The monoisotopic (exact) mass is 1930 g/mol. The Kier molecular flexibility index (Phi) is 69.9. The molecule has 0 amide bonds. The van der Waals surface area contributed by atoms with Crippen LogP contribution < -0.4 is 0 Å². The van der Waals surface area contributed by atoms with Gasteiger partial charge in [0.05, 0.1) is 0 Å². The van der Waals surface area contributed by atoms with E-state index < -0.39 is 0 Å². The molecule has 0 unspecified atom stereocenters. The van der Waals surface area contributed by atoms with Crippen LogP contribution in [0.4, 0.5) is 0 Å². The maximum Gasteiger partial charge on any atom is 0.00666 e. The molecule has 14 aromatic carbocycles. The van der Waals surface area contributed by atoms with Crippen LogP contribution in [0.15, 0.2) is 340 Å². The third kappa shape index (κ3) is 49.4. The predicted molar refractivity (Wildman–Crippen MR) is 660 cm³/mol. The van der Waals surface area contributed by atoms with Crippen LogP contribution in [-0.2, 0) is 51.4 Å². The van der Waals surface area contributed by atoms with E-state index in [0.717, 1.165) is 98.7 Å². The summed E-state index contributed by atoms with van der Waals surface area (Å²) in [6.07, 6.45) is 26.5. The summed E-state index contributed by atoms with van der Waals surface area (Å²) >= 11 is 0. The maximum absolute atomic E-state index is 2.30. The van der Waals surface area contributed by atoms with Crippen molar-refractivity contribution in [2.45, 2.75) is 326 Å². The minimum atomic E-state index is 0.547. The molecule has 0 N–H and O–H groups in total. The Morgan fingerprint density at radius 1 is 0.167 bits per heavy atom. The van der Waals surface area contributed by atoms with Crippen LogP contribution in [0.5, 0.6) is 0 Å². The summed E-state index contributed by atoms with van der Waals surface area (Å²) in [5.74, 6) is 7.76. The van der Waals surface area contributed by atoms with Crippen molar-refractivity contribution in [2.24, 2.45) is 47.3 Å². The largest absolute Gasteiger partial charge is 0.0795 e. The van der Waals surface area contributed by atoms with Crippen molar-refractivity contribution in [3.05, 3.63) is 451 Å². The number of hydrogen-bond donors (Lipinski definition) is 0. The molecule has 22 rings (SSSR count). The van der Waals surface area contributed by atoms with Crippen molar-refractivity contribution in [3.63, 3.8) is 0 Å². The standard InChI is InChI=1S/2C15H14.4C13H10.2C9H8.8C4H10.6C2H6/c2*1-11-14-8-4-2-6-12(14)10-13-7-3-5-9-15(11)13;2*1-3-7-12-10(5-1)9-11-6-2-4-8-13(11)12;2*1-2-6-12-10(4-1)8-9-11-5-3-7-13(11)12;2*1-2-5-9-7-3-6-8(9)4-1;8*1-4(2)3;6*1-2/h2*2-9,11H,10H2,1H3;2*1-8H,9H2;2*1-4,6-9H,5H2;2*1-6H,7H2;8*4H,1-3H3;6*1-2H3. The molecule has 0 nitrogen and oxygen atoms in total. The molecule has 8 aliphatic rings. The third-order valence-corrected chi connectivity index (χ3v) is 21.0. The predicted octanol–water partition coefficient (Wildman–Crippen LogP) is 44.8. The Balaban J connectivity index is 0.000000780. The molecule has 0 fully saturated rings. The zero-order valence-electron chi connectivity index (χ0n) is 98.1. The molecule has 0 atom stereocenters. The lowest BCUT2D eigenvalue weighted by Crippen LogP contribution is -2.10. The van der Waals surface area contributed by atoms with Gasteiger partial charge >= 0.3 is 0 Å². The number of benzene rings is 14. The van der Waals surface area contributed by atoms with Crippen molar-refractivity contribution in [2.75, 3.05) is 0 Å². The minimum Gasteiger partial charge on any atom is -0.0795 e. The van der Waals surface area contributed by atoms with Gasteiger partial charge in [0, 0.05) is 11.8 Å². The van der Waals surface area contributed by atoms with Crippen molar-refractivity contribution >= 4 is 45.8 Å². The van der Waals surface area contributed by atoms with Gasteiger partial charge in [0.1, 0.15) is 0 Å². The highest BCUT2D eigenvalue weighted by Gasteiger charge is 2.23. The van der Waals surface area contributed by atoms with Gasteiger partial charge in [0.2, 0.25) is 0 Å². The topological polar surface area (TPSA) is 0 Å². The van der Waals surface area contributed by atoms with Crippen molar-refractivity contribution in [3.8, 4) is 22.3 Å². The van der Waals surface area contributed by atoms with Gasteiger partial charge < -0.3 is 0 Å². The lowest BCUT2D eigenvalue weighted by Gasteiger charge is -2.25. The van der Waals surface area contributed by atoms with E-state index >= 15 is 0 Å². The Labute approximate surface area is 886 Å². The Hall–Kier alpha value is -11.4. The second-order valence-corrected chi connectivity index (χ2v) is 41.0. The first-order valence-corrected chi connectivity index (χ1v) is 55.8. The molecule has 0 bridgehead atoms. The molecule has 776 valence electrons. The quantitative estimate of drug-likeness (QED) is 0.142. The van der Waals surface area contributed by atoms with E-state index in [0.29, 0.717) is 11.8 Å². The van der Waals surface area contributed by atoms with Gasteiger partial charge in [-0.2, -0.15) is 0 Å². The highest BCUT2D eigenvalue weighted by molar-refractivity contribution is 5.94. The fraction of sp³-hybridized carbons (Fsp3) is 0.389. The highest BCUT2D eigenvalue weighted by Crippen LogP contribution is 2.40. The van der Waals surface area contributed by atoms with Gasteiger partial charge in [-0.05, 0) is 254 Å². The second kappa shape index (κ2) is 77.1. The molecule has 14 aromatic rings. The van der Waals surface area contributed by atoms with E-state index in [4.69, 9.17) is 0 Å². The average molecular weight is 1930 g/mol. The number of rotatable bonds is 0. The number of allylic oxidation sites excluding steroid dienone is 4. The molecule has 0 radical (unpaired) electrons. The lowest BCUT2D eigenvalue weighted by molar-refractivity contribution is 0.736. The van der Waals surface area contributed by atoms with Gasteiger partial charge in [-0.3, -0.25) is 0 Å². The second-order valence-electron chi connectivity index (χ2n) is 41.0. The molecule has 0 aromatic heterocycles. The molecular weight excluding hydrogens is 1730 g/mol. The molecule has 0 saturated carbocycles. The van der Waals surface area contributed by atoms with Crippen LogP contribution >= 0.6 is 0 Å². The summed E-state index contributed by atoms with van der Waals surface area (Å²) < 4.78 is 0. The first-order chi connectivity index (χ1) is 69.3. The Morgan fingerprint density at radius 3 is 0.576 bits per heavy atom. The van der Waals surface area contributed by atoms with E-state index in [9.17, 15) is 0 Å². The SMILES string of the molecule is C1=Cc2c(ccc3ccccc23)C1.C1=Cc2c(ccc3ccccc23)C1.C1=Cc2ccccc2C1.C1=Cc2ccccc2C1.CC.CC.CC.CC.CC.CC.CC(C)C.CC(C)C.CC(C)C.CC(C)C.CC(C)C.CC(C)C.CC(C)C.CC(C)C.CC1c2ccccc2Cc2ccccc21.CC1c2ccccc2Cc2ccccc21.c1ccc2c(c1)Cc1ccccc1-2.c1ccc2c(c1)Cc1ccccc1-2. The smallest absolute Gasteiger partial charge is 0.00666 e. The van der Waals surface area contributed by atoms with Gasteiger partial charge in [0.25, 0.3) is 0 Å². The van der Waals surface area contributed by atoms with Crippen LogP contribution in [0.2, 0.25) is 0 Å². The molecule has 0 heteroatoms. The summed E-state index contributed by atoms with van der Waals surface area (Å²) in [6.45, 7) is 80.6. The molecule has 8 aliphatic carbocycles. The van der Waals surface area contributed by atoms with Crippen molar-refractivity contribution in [1.82, 2.24) is 0 Å². The first kappa shape index (κ1) is 131. The molecule has 144 heavy (non-hydrogen) atoms. The third-order valence-electron chi connectivity index (χ3n) is 21.0. The van der Waals surface area contributed by atoms with Crippen molar-refractivity contribution in [1.29, 1.82) is 0 Å². The fourth-order valence-corrected chi connectivity index (χ4v) is 15.8.